The van der Waals surface area contributed by atoms with Crippen LogP contribution in [0.1, 0.15) is 24.3 Å². The molecule has 112 valence electrons. The van der Waals surface area contributed by atoms with Gasteiger partial charge < -0.3 is 14.8 Å². The normalized spacial score (nSPS) is 15.6. The molecule has 3 rings (SSSR count). The number of ether oxygens (including phenoxy) is 2. The minimum Gasteiger partial charge on any atom is -0.489 e. The molecule has 6 heteroatoms. The zero-order valence-corrected chi connectivity index (χ0v) is 13.6. The van der Waals surface area contributed by atoms with Gasteiger partial charge in [-0.1, -0.05) is 11.6 Å². The summed E-state index contributed by atoms with van der Waals surface area (Å²) >= 11 is 7.98. The molecular weight excluding hydrogens is 308 g/mol. The van der Waals surface area contributed by atoms with Crippen molar-refractivity contribution < 1.29 is 9.47 Å². The summed E-state index contributed by atoms with van der Waals surface area (Å²) in [7, 11) is 1.94. The van der Waals surface area contributed by atoms with Gasteiger partial charge in [-0.3, -0.25) is 0 Å². The number of halogens is 1. The van der Waals surface area contributed by atoms with Gasteiger partial charge in [-0.25, -0.2) is 4.98 Å². The standard InChI is InChI=1S/C15H17ClN2O2S/c1-9(17-2)13-8-18-15(21-13)10-6-11(16)14-12(7-10)19-4-3-5-20-14/h6-9,17H,3-5H2,1-2H3. The van der Waals surface area contributed by atoms with Gasteiger partial charge in [0.2, 0.25) is 0 Å². The number of hydrogen-bond donors (Lipinski definition) is 1. The SMILES string of the molecule is CNC(C)c1cnc(-c2cc(Cl)c3c(c2)OCCCO3)s1. The van der Waals surface area contributed by atoms with E-state index in [1.54, 1.807) is 11.3 Å². The van der Waals surface area contributed by atoms with Gasteiger partial charge in [-0.2, -0.15) is 0 Å². The van der Waals surface area contributed by atoms with Crippen molar-refractivity contribution in [3.63, 3.8) is 0 Å². The highest BCUT2D eigenvalue weighted by molar-refractivity contribution is 7.15. The first kappa shape index (κ1) is 14.6. The van der Waals surface area contributed by atoms with E-state index in [1.807, 2.05) is 25.4 Å². The van der Waals surface area contributed by atoms with Crippen molar-refractivity contribution >= 4 is 22.9 Å². The number of nitrogens with zero attached hydrogens (tertiary/aromatic N) is 1. The van der Waals surface area contributed by atoms with E-state index in [2.05, 4.69) is 17.2 Å². The second-order valence-corrected chi connectivity index (χ2v) is 6.38. The van der Waals surface area contributed by atoms with Gasteiger partial charge in [-0.05, 0) is 26.1 Å². The first-order chi connectivity index (χ1) is 10.2. The van der Waals surface area contributed by atoms with E-state index in [1.165, 1.54) is 4.88 Å². The van der Waals surface area contributed by atoms with Crippen molar-refractivity contribution in [3.05, 3.63) is 28.2 Å². The molecule has 21 heavy (non-hydrogen) atoms. The molecule has 0 amide bonds. The van der Waals surface area contributed by atoms with Crippen LogP contribution in [0.2, 0.25) is 5.02 Å². The van der Waals surface area contributed by atoms with Gasteiger partial charge in [-0.15, -0.1) is 11.3 Å². The van der Waals surface area contributed by atoms with Gasteiger partial charge in [0.1, 0.15) is 5.01 Å². The van der Waals surface area contributed by atoms with Crippen molar-refractivity contribution in [3.8, 4) is 22.1 Å². The van der Waals surface area contributed by atoms with E-state index >= 15 is 0 Å². The Kier molecular flexibility index (Phi) is 4.33. The third-order valence-corrected chi connectivity index (χ3v) is 4.94. The molecule has 0 saturated carbocycles. The fourth-order valence-corrected chi connectivity index (χ4v) is 3.35. The highest BCUT2D eigenvalue weighted by atomic mass is 35.5. The number of thiazole rings is 1. The maximum atomic E-state index is 6.33. The minimum atomic E-state index is 0.284. The average Bonchev–Trinajstić information content (AvgIpc) is 2.86. The van der Waals surface area contributed by atoms with E-state index in [-0.39, 0.29) is 6.04 Å². The molecule has 1 atom stereocenters. The van der Waals surface area contributed by atoms with E-state index < -0.39 is 0 Å². The Hall–Kier alpha value is -1.30. The molecule has 0 fully saturated rings. The molecule has 0 aliphatic carbocycles. The third-order valence-electron chi connectivity index (χ3n) is 3.43. The van der Waals surface area contributed by atoms with Crippen molar-refractivity contribution in [1.82, 2.24) is 10.3 Å². The number of hydrogen-bond acceptors (Lipinski definition) is 5. The summed E-state index contributed by atoms with van der Waals surface area (Å²) in [4.78, 5) is 5.68. The van der Waals surface area contributed by atoms with E-state index in [4.69, 9.17) is 21.1 Å². The molecule has 0 radical (unpaired) electrons. The van der Waals surface area contributed by atoms with Crippen LogP contribution < -0.4 is 14.8 Å². The van der Waals surface area contributed by atoms with Gasteiger partial charge in [0.15, 0.2) is 11.5 Å². The predicted molar refractivity (Wildman–Crippen MR) is 85.6 cm³/mol. The Labute approximate surface area is 133 Å². The minimum absolute atomic E-state index is 0.284. The number of benzene rings is 1. The van der Waals surface area contributed by atoms with E-state index in [0.717, 1.165) is 17.0 Å². The largest absolute Gasteiger partial charge is 0.489 e. The summed E-state index contributed by atoms with van der Waals surface area (Å²) in [6.07, 6.45) is 2.76. The van der Waals surface area contributed by atoms with Crippen LogP contribution in [0.3, 0.4) is 0 Å². The maximum absolute atomic E-state index is 6.33. The average molecular weight is 325 g/mol. The monoisotopic (exact) mass is 324 g/mol. The van der Waals surface area contributed by atoms with Crippen LogP contribution in [0.4, 0.5) is 0 Å². The van der Waals surface area contributed by atoms with Gasteiger partial charge in [0.05, 0.1) is 18.2 Å². The van der Waals surface area contributed by atoms with Gasteiger partial charge in [0, 0.05) is 29.1 Å². The molecule has 1 aliphatic heterocycles. The summed E-state index contributed by atoms with van der Waals surface area (Å²) in [5.74, 6) is 1.34. The lowest BCUT2D eigenvalue weighted by Crippen LogP contribution is -2.10. The fraction of sp³-hybridized carbons (Fsp3) is 0.400. The lowest BCUT2D eigenvalue weighted by Gasteiger charge is -2.10. The molecule has 0 spiro atoms. The van der Waals surface area contributed by atoms with Gasteiger partial charge >= 0.3 is 0 Å². The third kappa shape index (κ3) is 3.00. The first-order valence-electron chi connectivity index (χ1n) is 6.91. The number of rotatable bonds is 3. The molecule has 0 bridgehead atoms. The van der Waals surface area contributed by atoms with Crippen LogP contribution in [0.5, 0.6) is 11.5 Å². The lowest BCUT2D eigenvalue weighted by molar-refractivity contribution is 0.297. The second kappa shape index (κ2) is 6.22. The number of fused-ring (bicyclic) bond motifs is 1. The quantitative estimate of drug-likeness (QED) is 0.929. The molecule has 1 aromatic heterocycles. The summed E-state index contributed by atoms with van der Waals surface area (Å²) in [6.45, 7) is 3.39. The molecular formula is C15H17ClN2O2S. The van der Waals surface area contributed by atoms with E-state index in [9.17, 15) is 0 Å². The summed E-state index contributed by atoms with van der Waals surface area (Å²) < 4.78 is 11.4. The number of nitrogens with one attached hydrogen (secondary N) is 1. The zero-order valence-electron chi connectivity index (χ0n) is 12.0. The van der Waals surface area contributed by atoms with Gasteiger partial charge in [0.25, 0.3) is 0 Å². The Morgan fingerprint density at radius 1 is 1.33 bits per heavy atom. The van der Waals surface area contributed by atoms with Crippen molar-refractivity contribution in [2.24, 2.45) is 0 Å². The van der Waals surface area contributed by atoms with Crippen LogP contribution in [-0.2, 0) is 0 Å². The molecule has 1 aliphatic rings. The highest BCUT2D eigenvalue weighted by Crippen LogP contribution is 2.41. The Morgan fingerprint density at radius 3 is 2.95 bits per heavy atom. The summed E-state index contributed by atoms with van der Waals surface area (Å²) in [5, 5.41) is 4.72. The van der Waals surface area contributed by atoms with Crippen LogP contribution >= 0.6 is 22.9 Å². The molecule has 0 saturated heterocycles. The Balaban J connectivity index is 1.97. The summed E-state index contributed by atoms with van der Waals surface area (Å²) in [6, 6.07) is 4.13. The van der Waals surface area contributed by atoms with Crippen LogP contribution in [-0.4, -0.2) is 25.2 Å². The van der Waals surface area contributed by atoms with Crippen molar-refractivity contribution in [2.75, 3.05) is 20.3 Å². The number of aromatic nitrogens is 1. The molecule has 1 N–H and O–H groups in total. The highest BCUT2D eigenvalue weighted by Gasteiger charge is 2.18. The van der Waals surface area contributed by atoms with Crippen LogP contribution in [0, 0.1) is 0 Å². The van der Waals surface area contributed by atoms with Crippen LogP contribution in [0.25, 0.3) is 10.6 Å². The predicted octanol–water partition coefficient (Wildman–Crippen LogP) is 3.91. The van der Waals surface area contributed by atoms with Crippen molar-refractivity contribution in [1.29, 1.82) is 0 Å². The zero-order chi connectivity index (χ0) is 14.8. The van der Waals surface area contributed by atoms with Crippen molar-refractivity contribution in [2.45, 2.75) is 19.4 Å². The first-order valence-corrected chi connectivity index (χ1v) is 8.11. The Bertz CT molecular complexity index is 645. The van der Waals surface area contributed by atoms with Crippen LogP contribution in [0.15, 0.2) is 18.3 Å². The molecule has 2 aromatic rings. The maximum Gasteiger partial charge on any atom is 0.179 e. The molecule has 2 heterocycles. The Morgan fingerprint density at radius 2 is 2.14 bits per heavy atom. The molecule has 1 unspecified atom stereocenters. The topological polar surface area (TPSA) is 43.4 Å². The molecule has 4 nitrogen and oxygen atoms in total. The second-order valence-electron chi connectivity index (χ2n) is 4.91. The lowest BCUT2D eigenvalue weighted by atomic mass is 10.2. The van der Waals surface area contributed by atoms with E-state index in [0.29, 0.717) is 29.7 Å². The smallest absolute Gasteiger partial charge is 0.179 e. The summed E-state index contributed by atoms with van der Waals surface area (Å²) in [5.41, 5.74) is 0.962. The molecule has 1 aromatic carbocycles. The fourth-order valence-electron chi connectivity index (χ4n) is 2.12.